The topological polar surface area (TPSA) is 121 Å². The molecule has 3 rings (SSSR count). The first-order chi connectivity index (χ1) is 11.8. The summed E-state index contributed by atoms with van der Waals surface area (Å²) in [5.74, 6) is -2.85. The van der Waals surface area contributed by atoms with Crippen molar-refractivity contribution in [3.05, 3.63) is 52.1 Å². The second-order valence-corrected chi connectivity index (χ2v) is 5.66. The largest absolute Gasteiger partial charge is 0.507 e. The van der Waals surface area contributed by atoms with Gasteiger partial charge in [0.25, 0.3) is 0 Å². The molecule has 7 nitrogen and oxygen atoms in total. The van der Waals surface area contributed by atoms with Crippen LogP contribution in [-0.2, 0) is 11.2 Å². The van der Waals surface area contributed by atoms with E-state index in [1.807, 2.05) is 0 Å². The van der Waals surface area contributed by atoms with Gasteiger partial charge in [0.05, 0.1) is 18.2 Å². The Morgan fingerprint density at radius 1 is 0.960 bits per heavy atom. The number of aliphatic carboxylic acids is 1. The number of carbonyl (C=O) groups is 3. The molecule has 1 aliphatic carbocycles. The second kappa shape index (κ2) is 5.94. The summed E-state index contributed by atoms with van der Waals surface area (Å²) in [4.78, 5) is 36.1. The van der Waals surface area contributed by atoms with Crippen molar-refractivity contribution in [2.75, 3.05) is 7.11 Å². The molecule has 0 heterocycles. The van der Waals surface area contributed by atoms with Crippen LogP contribution in [0.15, 0.2) is 24.3 Å². The van der Waals surface area contributed by atoms with E-state index in [0.717, 1.165) is 0 Å². The third kappa shape index (κ3) is 2.69. The van der Waals surface area contributed by atoms with Gasteiger partial charge < -0.3 is 20.1 Å². The number of carboxylic acids is 1. The lowest BCUT2D eigenvalue weighted by molar-refractivity contribution is -0.136. The van der Waals surface area contributed by atoms with Gasteiger partial charge >= 0.3 is 5.97 Å². The summed E-state index contributed by atoms with van der Waals surface area (Å²) in [6.45, 7) is 0. The molecule has 7 heteroatoms. The molecule has 0 saturated heterocycles. The molecule has 2 aromatic carbocycles. The number of ketones is 2. The molecule has 0 amide bonds. The lowest BCUT2D eigenvalue weighted by Crippen LogP contribution is -2.21. The average molecular weight is 342 g/mol. The van der Waals surface area contributed by atoms with Crippen LogP contribution in [0.2, 0.25) is 0 Å². The van der Waals surface area contributed by atoms with E-state index in [9.17, 15) is 24.6 Å². The first kappa shape index (κ1) is 16.5. The SMILES string of the molecule is COc1cc(O)c2c(c1)C(=O)c1cc(CCC(=O)O)cc(O)c1C2=O. The highest BCUT2D eigenvalue weighted by Gasteiger charge is 2.35. The highest BCUT2D eigenvalue weighted by molar-refractivity contribution is 6.30. The number of ether oxygens (including phenoxy) is 1. The lowest BCUT2D eigenvalue weighted by atomic mass is 9.82. The van der Waals surface area contributed by atoms with Crippen LogP contribution in [0.25, 0.3) is 0 Å². The maximum atomic E-state index is 12.8. The van der Waals surface area contributed by atoms with Gasteiger partial charge in [0.2, 0.25) is 5.78 Å². The molecule has 0 unspecified atom stereocenters. The van der Waals surface area contributed by atoms with Crippen LogP contribution >= 0.6 is 0 Å². The van der Waals surface area contributed by atoms with Crippen LogP contribution in [0.4, 0.5) is 0 Å². The minimum atomic E-state index is -1.01. The number of hydrogen-bond acceptors (Lipinski definition) is 6. The van der Waals surface area contributed by atoms with Crippen LogP contribution in [0, 0.1) is 0 Å². The monoisotopic (exact) mass is 342 g/mol. The number of phenolic OH excluding ortho intramolecular Hbond substituents is 2. The standard InChI is InChI=1S/C18H14O7/c1-25-9-6-11-16(13(20)7-9)18(24)15-10(17(11)23)4-8(5-12(15)19)2-3-14(21)22/h4-7,19-20H,2-3H2,1H3,(H,21,22). The maximum absolute atomic E-state index is 12.8. The van der Waals surface area contributed by atoms with Crippen molar-refractivity contribution in [2.45, 2.75) is 12.8 Å². The highest BCUT2D eigenvalue weighted by Crippen LogP contribution is 2.39. The van der Waals surface area contributed by atoms with Gasteiger partial charge in [-0.25, -0.2) is 0 Å². The summed E-state index contributed by atoms with van der Waals surface area (Å²) in [7, 11) is 1.36. The zero-order valence-electron chi connectivity index (χ0n) is 13.2. The zero-order chi connectivity index (χ0) is 18.3. The third-order valence-electron chi connectivity index (χ3n) is 4.07. The summed E-state index contributed by atoms with van der Waals surface area (Å²) >= 11 is 0. The van der Waals surface area contributed by atoms with Crippen LogP contribution in [0.3, 0.4) is 0 Å². The summed E-state index contributed by atoms with van der Waals surface area (Å²) in [6, 6.07) is 5.22. The Balaban J connectivity index is 2.16. The normalized spacial score (nSPS) is 12.5. The molecule has 25 heavy (non-hydrogen) atoms. The van der Waals surface area contributed by atoms with Crippen LogP contribution in [-0.4, -0.2) is 40.0 Å². The molecule has 1 aliphatic rings. The van der Waals surface area contributed by atoms with E-state index < -0.39 is 29.0 Å². The van der Waals surface area contributed by atoms with E-state index in [1.165, 1.54) is 31.4 Å². The van der Waals surface area contributed by atoms with Crippen molar-refractivity contribution in [1.29, 1.82) is 0 Å². The quantitative estimate of drug-likeness (QED) is 0.662. The fraction of sp³-hybridized carbons (Fsp3) is 0.167. The maximum Gasteiger partial charge on any atom is 0.303 e. The molecule has 3 N–H and O–H groups in total. The first-order valence-corrected chi connectivity index (χ1v) is 7.41. The number of phenols is 2. The molecule has 0 atom stereocenters. The Bertz CT molecular complexity index is 928. The molecular formula is C18H14O7. The van der Waals surface area contributed by atoms with Gasteiger partial charge in [-0.3, -0.25) is 14.4 Å². The molecule has 0 spiro atoms. The van der Waals surface area contributed by atoms with Gasteiger partial charge in [-0.2, -0.15) is 0 Å². The van der Waals surface area contributed by atoms with Crippen LogP contribution in [0.1, 0.15) is 43.8 Å². The molecule has 0 radical (unpaired) electrons. The van der Waals surface area contributed by atoms with Gasteiger partial charge in [-0.15, -0.1) is 0 Å². The molecule has 0 bridgehead atoms. The number of fused-ring (bicyclic) bond motifs is 2. The Morgan fingerprint density at radius 2 is 1.56 bits per heavy atom. The van der Waals surface area contributed by atoms with Crippen molar-refractivity contribution < 1.29 is 34.4 Å². The number of hydrogen-bond donors (Lipinski definition) is 3. The summed E-state index contributed by atoms with van der Waals surface area (Å²) < 4.78 is 5.01. The number of benzene rings is 2. The van der Waals surface area contributed by atoms with E-state index in [1.54, 1.807) is 0 Å². The van der Waals surface area contributed by atoms with Crippen molar-refractivity contribution in [3.8, 4) is 17.2 Å². The van der Waals surface area contributed by atoms with E-state index in [4.69, 9.17) is 9.84 Å². The number of aromatic hydroxyl groups is 2. The number of carboxylic acid groups (broad SMARTS) is 1. The molecule has 128 valence electrons. The molecular weight excluding hydrogens is 328 g/mol. The van der Waals surface area contributed by atoms with Gasteiger partial charge in [-0.1, -0.05) is 0 Å². The van der Waals surface area contributed by atoms with Crippen molar-refractivity contribution in [1.82, 2.24) is 0 Å². The van der Waals surface area contributed by atoms with Gasteiger partial charge in [0.15, 0.2) is 5.78 Å². The lowest BCUT2D eigenvalue weighted by Gasteiger charge is -2.20. The van der Waals surface area contributed by atoms with E-state index in [0.29, 0.717) is 5.56 Å². The van der Waals surface area contributed by atoms with Gasteiger partial charge in [0.1, 0.15) is 17.2 Å². The minimum Gasteiger partial charge on any atom is -0.507 e. The van der Waals surface area contributed by atoms with Crippen molar-refractivity contribution >= 4 is 17.5 Å². The van der Waals surface area contributed by atoms with Crippen LogP contribution < -0.4 is 4.74 Å². The van der Waals surface area contributed by atoms with Crippen molar-refractivity contribution in [3.63, 3.8) is 0 Å². The molecule has 0 aromatic heterocycles. The Morgan fingerprint density at radius 3 is 2.16 bits per heavy atom. The van der Waals surface area contributed by atoms with E-state index in [2.05, 4.69) is 0 Å². The fourth-order valence-electron chi connectivity index (χ4n) is 2.90. The van der Waals surface area contributed by atoms with Gasteiger partial charge in [0, 0.05) is 23.6 Å². The molecule has 2 aromatic rings. The Labute approximate surface area is 142 Å². The van der Waals surface area contributed by atoms with E-state index >= 15 is 0 Å². The average Bonchev–Trinajstić information content (AvgIpc) is 2.56. The van der Waals surface area contributed by atoms with Gasteiger partial charge in [-0.05, 0) is 30.2 Å². The summed E-state index contributed by atoms with van der Waals surface area (Å²) in [5.41, 5.74) is -0.00558. The molecule has 0 aliphatic heterocycles. The van der Waals surface area contributed by atoms with E-state index in [-0.39, 0.29) is 40.8 Å². The molecule has 0 fully saturated rings. The summed E-state index contributed by atoms with van der Waals surface area (Å²) in [5, 5.41) is 29.0. The number of aryl methyl sites for hydroxylation is 1. The number of rotatable bonds is 4. The molecule has 0 saturated carbocycles. The zero-order valence-corrected chi connectivity index (χ0v) is 13.2. The van der Waals surface area contributed by atoms with Crippen molar-refractivity contribution in [2.24, 2.45) is 0 Å². The van der Waals surface area contributed by atoms with Crippen LogP contribution in [0.5, 0.6) is 17.2 Å². The third-order valence-corrected chi connectivity index (χ3v) is 4.07. The first-order valence-electron chi connectivity index (χ1n) is 7.41. The fourth-order valence-corrected chi connectivity index (χ4v) is 2.90. The Kier molecular flexibility index (Phi) is 3.92. The summed E-state index contributed by atoms with van der Waals surface area (Å²) in [6.07, 6.45) is -0.0700. The number of carbonyl (C=O) groups excluding carboxylic acids is 2. The number of methoxy groups -OCH3 is 1. The predicted octanol–water partition coefficient (Wildman–Crippen LogP) is 1.90. The second-order valence-electron chi connectivity index (χ2n) is 5.66. The Hall–Kier alpha value is -3.35. The minimum absolute atomic E-state index is 0.0226. The predicted molar refractivity (Wildman–Crippen MR) is 85.6 cm³/mol. The smallest absolute Gasteiger partial charge is 0.303 e. The highest BCUT2D eigenvalue weighted by atomic mass is 16.5.